The molecule has 0 aromatic heterocycles. The molecule has 1 fully saturated rings. The van der Waals surface area contributed by atoms with E-state index in [2.05, 4.69) is 17.4 Å². The number of hydrogen-bond donors (Lipinski definition) is 1. The van der Waals surface area contributed by atoms with E-state index in [1.807, 2.05) is 12.1 Å². The minimum atomic E-state index is -4.28. The minimum Gasteiger partial charge on any atom is -0.310 e. The molecule has 1 aliphatic heterocycles. The molecule has 110 valence electrons. The Kier molecular flexibility index (Phi) is 3.72. The van der Waals surface area contributed by atoms with Crippen LogP contribution < -0.4 is 5.32 Å². The average molecular weight is 291 g/mol. The molecule has 1 heterocycles. The molecule has 0 unspecified atom stereocenters. The predicted octanol–water partition coefficient (Wildman–Crippen LogP) is 4.80. The van der Waals surface area contributed by atoms with E-state index in [0.29, 0.717) is 6.04 Å². The highest BCUT2D eigenvalue weighted by atomic mass is 19.4. The standard InChI is InChI=1S/C17H16F3N/c18-17(19,20)15-9-7-13(8-10-15)12-3-5-14(6-4-12)16-2-1-11-21-16/h3-10,16,21H,1-2,11H2/t16-/m0/s1. The second-order valence-electron chi connectivity index (χ2n) is 5.35. The zero-order chi connectivity index (χ0) is 14.9. The topological polar surface area (TPSA) is 12.0 Å². The largest absolute Gasteiger partial charge is 0.416 e. The summed E-state index contributed by atoms with van der Waals surface area (Å²) in [5, 5.41) is 3.43. The van der Waals surface area contributed by atoms with Gasteiger partial charge in [-0.05, 0) is 48.2 Å². The molecule has 1 nitrogen and oxygen atoms in total. The van der Waals surface area contributed by atoms with Gasteiger partial charge < -0.3 is 5.32 Å². The van der Waals surface area contributed by atoms with Gasteiger partial charge in [-0.3, -0.25) is 0 Å². The molecule has 0 saturated carbocycles. The van der Waals surface area contributed by atoms with Crippen LogP contribution in [0.15, 0.2) is 48.5 Å². The molecule has 2 aromatic carbocycles. The molecule has 0 radical (unpaired) electrons. The summed E-state index contributed by atoms with van der Waals surface area (Å²) >= 11 is 0. The molecule has 1 atom stereocenters. The van der Waals surface area contributed by atoms with Crippen molar-refractivity contribution in [2.75, 3.05) is 6.54 Å². The van der Waals surface area contributed by atoms with Crippen molar-refractivity contribution in [2.24, 2.45) is 0 Å². The SMILES string of the molecule is FC(F)(F)c1ccc(-c2ccc([C@@H]3CCCN3)cc2)cc1. The highest BCUT2D eigenvalue weighted by Crippen LogP contribution is 2.31. The summed E-state index contributed by atoms with van der Waals surface area (Å²) < 4.78 is 37.6. The Balaban J connectivity index is 1.80. The molecule has 0 aliphatic carbocycles. The molecule has 2 aromatic rings. The first kappa shape index (κ1) is 14.1. The summed E-state index contributed by atoms with van der Waals surface area (Å²) in [6.45, 7) is 1.05. The van der Waals surface area contributed by atoms with Gasteiger partial charge in [-0.15, -0.1) is 0 Å². The van der Waals surface area contributed by atoms with Crippen LogP contribution in [0.3, 0.4) is 0 Å². The van der Waals surface area contributed by atoms with Gasteiger partial charge in [0.05, 0.1) is 5.56 Å². The van der Waals surface area contributed by atoms with Crippen LogP contribution in [0.2, 0.25) is 0 Å². The van der Waals surface area contributed by atoms with Crippen molar-refractivity contribution in [1.29, 1.82) is 0 Å². The Bertz CT molecular complexity index is 593. The van der Waals surface area contributed by atoms with Crippen LogP contribution in [0, 0.1) is 0 Å². The van der Waals surface area contributed by atoms with Crippen molar-refractivity contribution in [3.8, 4) is 11.1 Å². The highest BCUT2D eigenvalue weighted by Gasteiger charge is 2.29. The Morgan fingerprint density at radius 1 is 0.857 bits per heavy atom. The van der Waals surface area contributed by atoms with Gasteiger partial charge in [0.2, 0.25) is 0 Å². The lowest BCUT2D eigenvalue weighted by Crippen LogP contribution is -2.12. The van der Waals surface area contributed by atoms with E-state index in [1.165, 1.54) is 24.1 Å². The molecule has 1 aliphatic rings. The lowest BCUT2D eigenvalue weighted by atomic mass is 9.99. The lowest BCUT2D eigenvalue weighted by Gasteiger charge is -2.12. The summed E-state index contributed by atoms with van der Waals surface area (Å²) in [5.41, 5.74) is 2.36. The van der Waals surface area contributed by atoms with Crippen molar-refractivity contribution < 1.29 is 13.2 Å². The zero-order valence-corrected chi connectivity index (χ0v) is 11.5. The Labute approximate surface area is 121 Å². The molecule has 1 saturated heterocycles. The van der Waals surface area contributed by atoms with E-state index in [4.69, 9.17) is 0 Å². The molecule has 0 bridgehead atoms. The minimum absolute atomic E-state index is 0.409. The molecular formula is C17H16F3N. The third kappa shape index (κ3) is 3.10. The molecule has 21 heavy (non-hydrogen) atoms. The van der Waals surface area contributed by atoms with Crippen molar-refractivity contribution in [1.82, 2.24) is 5.32 Å². The second-order valence-corrected chi connectivity index (χ2v) is 5.35. The second kappa shape index (κ2) is 5.53. The van der Waals surface area contributed by atoms with Gasteiger partial charge in [-0.25, -0.2) is 0 Å². The van der Waals surface area contributed by atoms with Gasteiger partial charge in [0.15, 0.2) is 0 Å². The van der Waals surface area contributed by atoms with Gasteiger partial charge >= 0.3 is 6.18 Å². The van der Waals surface area contributed by atoms with Crippen LogP contribution in [-0.4, -0.2) is 6.54 Å². The Morgan fingerprint density at radius 2 is 1.43 bits per heavy atom. The smallest absolute Gasteiger partial charge is 0.310 e. The molecule has 0 amide bonds. The fraction of sp³-hybridized carbons (Fsp3) is 0.294. The van der Waals surface area contributed by atoms with Crippen LogP contribution >= 0.6 is 0 Å². The first-order valence-corrected chi connectivity index (χ1v) is 7.05. The van der Waals surface area contributed by atoms with Crippen LogP contribution in [0.1, 0.15) is 30.0 Å². The van der Waals surface area contributed by atoms with Crippen molar-refractivity contribution in [2.45, 2.75) is 25.1 Å². The number of alkyl halides is 3. The maximum absolute atomic E-state index is 12.5. The van der Waals surface area contributed by atoms with E-state index in [0.717, 1.165) is 36.2 Å². The van der Waals surface area contributed by atoms with Gasteiger partial charge in [0.25, 0.3) is 0 Å². The van der Waals surface area contributed by atoms with Gasteiger partial charge in [0, 0.05) is 6.04 Å². The normalized spacial score (nSPS) is 18.9. The number of nitrogens with one attached hydrogen (secondary N) is 1. The molecule has 0 spiro atoms. The highest BCUT2D eigenvalue weighted by molar-refractivity contribution is 5.64. The molecule has 4 heteroatoms. The summed E-state index contributed by atoms with van der Waals surface area (Å²) in [6, 6.07) is 13.7. The van der Waals surface area contributed by atoms with E-state index in [-0.39, 0.29) is 0 Å². The van der Waals surface area contributed by atoms with E-state index in [1.54, 1.807) is 0 Å². The number of benzene rings is 2. The average Bonchev–Trinajstić information content (AvgIpc) is 3.01. The van der Waals surface area contributed by atoms with Crippen LogP contribution in [0.4, 0.5) is 13.2 Å². The van der Waals surface area contributed by atoms with E-state index < -0.39 is 11.7 Å². The number of rotatable bonds is 2. The number of hydrogen-bond acceptors (Lipinski definition) is 1. The molecule has 3 rings (SSSR count). The third-order valence-corrected chi connectivity index (χ3v) is 3.92. The number of halogens is 3. The van der Waals surface area contributed by atoms with Crippen LogP contribution in [0.25, 0.3) is 11.1 Å². The summed E-state index contributed by atoms with van der Waals surface area (Å²) in [6.07, 6.45) is -1.96. The fourth-order valence-corrected chi connectivity index (χ4v) is 2.73. The van der Waals surface area contributed by atoms with E-state index >= 15 is 0 Å². The zero-order valence-electron chi connectivity index (χ0n) is 11.5. The molecule has 1 N–H and O–H groups in total. The van der Waals surface area contributed by atoms with Crippen molar-refractivity contribution in [3.05, 3.63) is 59.7 Å². The first-order valence-electron chi connectivity index (χ1n) is 7.05. The predicted molar refractivity (Wildman–Crippen MR) is 76.9 cm³/mol. The van der Waals surface area contributed by atoms with Crippen molar-refractivity contribution >= 4 is 0 Å². The van der Waals surface area contributed by atoms with E-state index in [9.17, 15) is 13.2 Å². The summed E-state index contributed by atoms with van der Waals surface area (Å²) in [5.74, 6) is 0. The third-order valence-electron chi connectivity index (χ3n) is 3.92. The Morgan fingerprint density at radius 3 is 1.90 bits per heavy atom. The quantitative estimate of drug-likeness (QED) is 0.838. The monoisotopic (exact) mass is 291 g/mol. The molecular weight excluding hydrogens is 275 g/mol. The van der Waals surface area contributed by atoms with Crippen LogP contribution in [0.5, 0.6) is 0 Å². The van der Waals surface area contributed by atoms with Gasteiger partial charge in [-0.2, -0.15) is 13.2 Å². The van der Waals surface area contributed by atoms with Crippen LogP contribution in [-0.2, 0) is 6.18 Å². The maximum Gasteiger partial charge on any atom is 0.416 e. The maximum atomic E-state index is 12.5. The lowest BCUT2D eigenvalue weighted by molar-refractivity contribution is -0.137. The Hall–Kier alpha value is -1.81. The van der Waals surface area contributed by atoms with Gasteiger partial charge in [-0.1, -0.05) is 36.4 Å². The fourth-order valence-electron chi connectivity index (χ4n) is 2.73. The first-order chi connectivity index (χ1) is 10.0. The summed E-state index contributed by atoms with van der Waals surface area (Å²) in [7, 11) is 0. The van der Waals surface area contributed by atoms with Gasteiger partial charge in [0.1, 0.15) is 0 Å². The van der Waals surface area contributed by atoms with Crippen molar-refractivity contribution in [3.63, 3.8) is 0 Å². The summed E-state index contributed by atoms with van der Waals surface area (Å²) in [4.78, 5) is 0.